The third-order valence-corrected chi connectivity index (χ3v) is 4.50. The highest BCUT2D eigenvalue weighted by Gasteiger charge is 2.28. The summed E-state index contributed by atoms with van der Waals surface area (Å²) in [6.45, 7) is 12.5. The number of hydrogen-bond acceptors (Lipinski definition) is 0. The van der Waals surface area contributed by atoms with E-state index in [9.17, 15) is 0 Å². The number of rotatable bonds is 11. The second-order valence-electron chi connectivity index (χ2n) is 6.30. The van der Waals surface area contributed by atoms with Crippen LogP contribution in [0.2, 0.25) is 0 Å². The molecule has 0 aliphatic heterocycles. The third kappa shape index (κ3) is 8.68. The Kier molecular flexibility index (Phi) is 14.7. The van der Waals surface area contributed by atoms with Crippen LogP contribution in [0.5, 0.6) is 0 Å². The van der Waals surface area contributed by atoms with E-state index in [-0.39, 0.29) is 12.4 Å². The molecule has 0 aliphatic rings. The minimum Gasteiger partial charge on any atom is -1.00 e. The van der Waals surface area contributed by atoms with Crippen LogP contribution in [-0.2, 0) is 0 Å². The number of quaternary nitrogens is 1. The van der Waals surface area contributed by atoms with E-state index >= 15 is 0 Å². The van der Waals surface area contributed by atoms with Gasteiger partial charge in [-0.05, 0) is 57.4 Å². The Bertz CT molecular complexity index is 288. The molecule has 126 valence electrons. The van der Waals surface area contributed by atoms with Crippen molar-refractivity contribution in [1.29, 1.82) is 0 Å². The van der Waals surface area contributed by atoms with E-state index in [1.54, 1.807) is 5.57 Å². The molecule has 0 aliphatic carbocycles. The molecular weight excluding hydrogens is 278 g/mol. The fourth-order valence-electron chi connectivity index (χ4n) is 3.48. The first-order valence-electron chi connectivity index (χ1n) is 8.68. The Labute approximate surface area is 139 Å². The standard InChI is InChI=1S/C19H37N.ClH/c1-6-13-19(14-7-2,15-8-3)18(5)11-9-10-17(4)12-16-20;/h11-12H,6-10,13-16,20H2,1-5H3;1H/b17-12+,18-11+;. The first kappa shape index (κ1) is 23.0. The predicted octanol–water partition coefficient (Wildman–Crippen LogP) is 2.29. The molecular formula is C19H38ClN. The number of hydrogen-bond donors (Lipinski definition) is 1. The van der Waals surface area contributed by atoms with Crippen LogP contribution in [0.25, 0.3) is 0 Å². The van der Waals surface area contributed by atoms with Gasteiger partial charge in [0.15, 0.2) is 0 Å². The topological polar surface area (TPSA) is 27.6 Å². The van der Waals surface area contributed by atoms with Gasteiger partial charge in [-0.3, -0.25) is 0 Å². The summed E-state index contributed by atoms with van der Waals surface area (Å²) < 4.78 is 0. The molecule has 0 aromatic heterocycles. The van der Waals surface area contributed by atoms with Gasteiger partial charge in [-0.25, -0.2) is 0 Å². The van der Waals surface area contributed by atoms with Crippen molar-refractivity contribution < 1.29 is 18.1 Å². The maximum absolute atomic E-state index is 3.89. The van der Waals surface area contributed by atoms with Crippen LogP contribution >= 0.6 is 0 Å². The van der Waals surface area contributed by atoms with Gasteiger partial charge >= 0.3 is 0 Å². The van der Waals surface area contributed by atoms with Crippen LogP contribution in [0.1, 0.15) is 86.0 Å². The van der Waals surface area contributed by atoms with E-state index in [0.717, 1.165) is 6.54 Å². The molecule has 2 heteroatoms. The van der Waals surface area contributed by atoms with Gasteiger partial charge in [0.05, 0.1) is 6.54 Å². The lowest BCUT2D eigenvalue weighted by molar-refractivity contribution is -0.352. The predicted molar refractivity (Wildman–Crippen MR) is 91.7 cm³/mol. The number of allylic oxidation sites excluding steroid dienone is 3. The molecule has 0 saturated carbocycles. The van der Waals surface area contributed by atoms with Crippen LogP contribution in [-0.4, -0.2) is 6.54 Å². The molecule has 0 rings (SSSR count). The summed E-state index contributed by atoms with van der Waals surface area (Å²) in [6, 6.07) is 0. The first-order chi connectivity index (χ1) is 9.56. The Hall–Kier alpha value is -0.270. The normalized spacial score (nSPS) is 13.2. The van der Waals surface area contributed by atoms with Crippen molar-refractivity contribution in [3.63, 3.8) is 0 Å². The van der Waals surface area contributed by atoms with Crippen LogP contribution < -0.4 is 18.1 Å². The quantitative estimate of drug-likeness (QED) is 0.567. The summed E-state index contributed by atoms with van der Waals surface area (Å²) in [6.07, 6.45) is 15.1. The molecule has 0 radical (unpaired) electrons. The van der Waals surface area contributed by atoms with Crippen molar-refractivity contribution >= 4 is 0 Å². The van der Waals surface area contributed by atoms with Gasteiger partial charge in [-0.1, -0.05) is 57.3 Å². The molecule has 0 bridgehead atoms. The van der Waals surface area contributed by atoms with E-state index in [1.807, 2.05) is 0 Å². The second kappa shape index (κ2) is 13.4. The maximum Gasteiger partial charge on any atom is 0.0929 e. The molecule has 0 aromatic carbocycles. The highest BCUT2D eigenvalue weighted by molar-refractivity contribution is 5.13. The van der Waals surface area contributed by atoms with E-state index < -0.39 is 0 Å². The zero-order valence-corrected chi connectivity index (χ0v) is 15.9. The largest absolute Gasteiger partial charge is 1.00 e. The lowest BCUT2D eigenvalue weighted by atomic mass is 9.70. The zero-order chi connectivity index (χ0) is 15.4. The van der Waals surface area contributed by atoms with E-state index in [1.165, 1.54) is 56.9 Å². The summed E-state index contributed by atoms with van der Waals surface area (Å²) in [4.78, 5) is 0. The average Bonchev–Trinajstić information content (AvgIpc) is 2.39. The first-order valence-corrected chi connectivity index (χ1v) is 8.68. The van der Waals surface area contributed by atoms with Gasteiger partial charge in [0.25, 0.3) is 0 Å². The SMILES string of the molecule is CCCC(CCC)(CCC)/C(C)=C/CC/C(C)=C/C[NH3+].[Cl-]. The summed E-state index contributed by atoms with van der Waals surface area (Å²) in [5.74, 6) is 0. The molecule has 0 heterocycles. The zero-order valence-electron chi connectivity index (χ0n) is 15.1. The highest BCUT2D eigenvalue weighted by atomic mass is 35.5. The fraction of sp³-hybridized carbons (Fsp3) is 0.789. The second-order valence-corrected chi connectivity index (χ2v) is 6.30. The fourth-order valence-corrected chi connectivity index (χ4v) is 3.48. The molecule has 0 unspecified atom stereocenters. The molecule has 0 spiro atoms. The lowest BCUT2D eigenvalue weighted by Crippen LogP contribution is -3.00. The average molecular weight is 316 g/mol. The molecule has 0 atom stereocenters. The van der Waals surface area contributed by atoms with Gasteiger partial charge in [0, 0.05) is 0 Å². The Balaban J connectivity index is 0. The summed E-state index contributed by atoms with van der Waals surface area (Å²) >= 11 is 0. The highest BCUT2D eigenvalue weighted by Crippen LogP contribution is 2.42. The van der Waals surface area contributed by atoms with Crippen molar-refractivity contribution in [2.24, 2.45) is 5.41 Å². The monoisotopic (exact) mass is 315 g/mol. The van der Waals surface area contributed by atoms with Gasteiger partial charge in [-0.2, -0.15) is 0 Å². The van der Waals surface area contributed by atoms with Gasteiger partial charge in [0.1, 0.15) is 0 Å². The Morgan fingerprint density at radius 2 is 1.38 bits per heavy atom. The van der Waals surface area contributed by atoms with Crippen LogP contribution in [0.4, 0.5) is 0 Å². The molecule has 0 saturated heterocycles. The van der Waals surface area contributed by atoms with Crippen LogP contribution in [0.15, 0.2) is 23.3 Å². The summed E-state index contributed by atoms with van der Waals surface area (Å²) in [7, 11) is 0. The summed E-state index contributed by atoms with van der Waals surface area (Å²) in [5, 5.41) is 0. The summed E-state index contributed by atoms with van der Waals surface area (Å²) in [5.41, 5.74) is 7.49. The van der Waals surface area contributed by atoms with E-state index in [2.05, 4.69) is 52.5 Å². The van der Waals surface area contributed by atoms with Crippen molar-refractivity contribution in [1.82, 2.24) is 0 Å². The van der Waals surface area contributed by atoms with Crippen LogP contribution in [0, 0.1) is 5.41 Å². The molecule has 0 fully saturated rings. The molecule has 1 nitrogen and oxygen atoms in total. The van der Waals surface area contributed by atoms with E-state index in [0.29, 0.717) is 5.41 Å². The third-order valence-electron chi connectivity index (χ3n) is 4.50. The molecule has 0 aromatic rings. The molecule has 0 amide bonds. The minimum atomic E-state index is 0. The van der Waals surface area contributed by atoms with Crippen molar-refractivity contribution in [2.45, 2.75) is 86.0 Å². The van der Waals surface area contributed by atoms with Crippen molar-refractivity contribution in [3.05, 3.63) is 23.3 Å². The van der Waals surface area contributed by atoms with Gasteiger partial charge < -0.3 is 18.1 Å². The smallest absolute Gasteiger partial charge is 0.0929 e. The van der Waals surface area contributed by atoms with E-state index in [4.69, 9.17) is 0 Å². The van der Waals surface area contributed by atoms with Crippen molar-refractivity contribution in [2.75, 3.05) is 6.54 Å². The van der Waals surface area contributed by atoms with Crippen LogP contribution in [0.3, 0.4) is 0 Å². The van der Waals surface area contributed by atoms with Gasteiger partial charge in [-0.15, -0.1) is 0 Å². The molecule has 21 heavy (non-hydrogen) atoms. The lowest BCUT2D eigenvalue weighted by Gasteiger charge is -2.35. The maximum atomic E-state index is 3.89. The number of halogens is 1. The minimum absolute atomic E-state index is 0. The van der Waals surface area contributed by atoms with Gasteiger partial charge in [0.2, 0.25) is 0 Å². The molecule has 3 N–H and O–H groups in total. The van der Waals surface area contributed by atoms with Crippen molar-refractivity contribution in [3.8, 4) is 0 Å². The Morgan fingerprint density at radius 1 is 0.905 bits per heavy atom. The Morgan fingerprint density at radius 3 is 1.76 bits per heavy atom.